The molecule has 0 radical (unpaired) electrons. The van der Waals surface area contributed by atoms with Gasteiger partial charge in [0.05, 0.1) is 12.5 Å². The molecule has 3 aromatic carbocycles. The van der Waals surface area contributed by atoms with Crippen LogP contribution >= 0.6 is 11.6 Å². The van der Waals surface area contributed by atoms with Crippen LogP contribution in [-0.4, -0.2) is 52.7 Å². The average Bonchev–Trinajstić information content (AvgIpc) is 3.03. The van der Waals surface area contributed by atoms with Gasteiger partial charge < -0.3 is 15.5 Å². The number of hydrogen-bond acceptors (Lipinski definition) is 4. The molecule has 9 heteroatoms. The Bertz CT molecular complexity index is 1460. The summed E-state index contributed by atoms with van der Waals surface area (Å²) in [6, 6.07) is 21.4. The fourth-order valence-corrected chi connectivity index (χ4v) is 6.02. The van der Waals surface area contributed by atoms with E-state index in [2.05, 4.69) is 17.6 Å². The molecule has 1 aliphatic heterocycles. The van der Waals surface area contributed by atoms with E-state index in [9.17, 15) is 19.2 Å². The number of rotatable bonds is 10. The Labute approximate surface area is 257 Å². The van der Waals surface area contributed by atoms with Gasteiger partial charge >= 0.3 is 6.03 Å². The summed E-state index contributed by atoms with van der Waals surface area (Å²) in [4.78, 5) is 55.7. The molecule has 0 spiro atoms. The first-order valence-electron chi connectivity index (χ1n) is 14.9. The van der Waals surface area contributed by atoms with Gasteiger partial charge in [0, 0.05) is 28.9 Å². The van der Waals surface area contributed by atoms with Crippen LogP contribution in [0.1, 0.15) is 59.7 Å². The summed E-state index contributed by atoms with van der Waals surface area (Å²) in [5.74, 6) is -1.00. The van der Waals surface area contributed by atoms with Gasteiger partial charge in [-0.25, -0.2) is 4.79 Å². The first-order valence-corrected chi connectivity index (χ1v) is 15.3. The van der Waals surface area contributed by atoms with Crippen LogP contribution < -0.4 is 10.6 Å². The van der Waals surface area contributed by atoms with Crippen molar-refractivity contribution in [1.82, 2.24) is 15.1 Å². The lowest BCUT2D eigenvalue weighted by Crippen LogP contribution is -2.63. The first kappa shape index (κ1) is 30.3. The Hall–Kier alpha value is -4.17. The van der Waals surface area contributed by atoms with E-state index in [-0.39, 0.29) is 42.8 Å². The second kappa shape index (κ2) is 13.9. The number of fused-ring (bicyclic) bond motifs is 1. The van der Waals surface area contributed by atoms with Crippen LogP contribution in [0.4, 0.5) is 10.5 Å². The SMILES string of the molecule is CCc1ccc(NC(=O)CN2C(=O)N(Cc3ccc(C(=O)NCCc4ccc(Cl)cc4)cc3)C(=O)C3CCCCC32)cc1. The zero-order valence-corrected chi connectivity index (χ0v) is 25.1. The van der Waals surface area contributed by atoms with E-state index >= 15 is 0 Å². The summed E-state index contributed by atoms with van der Waals surface area (Å²) in [7, 11) is 0. The fraction of sp³-hybridized carbons (Fsp3) is 0.353. The number of urea groups is 1. The van der Waals surface area contributed by atoms with E-state index in [0.717, 1.165) is 30.4 Å². The molecule has 2 unspecified atom stereocenters. The van der Waals surface area contributed by atoms with Crippen LogP contribution in [0.5, 0.6) is 0 Å². The van der Waals surface area contributed by atoms with Crippen molar-refractivity contribution in [1.29, 1.82) is 0 Å². The number of carbonyl (C=O) groups excluding carboxylic acids is 4. The highest BCUT2D eigenvalue weighted by molar-refractivity contribution is 6.30. The Balaban J connectivity index is 1.21. The zero-order valence-electron chi connectivity index (χ0n) is 24.4. The molecular formula is C34H37ClN4O4. The molecular weight excluding hydrogens is 564 g/mol. The molecule has 43 heavy (non-hydrogen) atoms. The van der Waals surface area contributed by atoms with Gasteiger partial charge in [-0.05, 0) is 78.8 Å². The van der Waals surface area contributed by atoms with Gasteiger partial charge in [-0.1, -0.05) is 67.8 Å². The number of hydrogen-bond donors (Lipinski definition) is 2. The standard InChI is InChI=1S/C34H37ClN4O4/c1-2-23-11-17-28(18-12-23)37-31(40)22-38-30-6-4-3-5-29(30)33(42)39(34(38)43)21-25-7-13-26(14-8-25)32(41)36-20-19-24-9-15-27(35)16-10-24/h7-18,29-30H,2-6,19-22H2,1H3,(H,36,41)(H,37,40). The van der Waals surface area contributed by atoms with Gasteiger partial charge in [-0.2, -0.15) is 0 Å². The lowest BCUT2D eigenvalue weighted by atomic mass is 9.81. The van der Waals surface area contributed by atoms with Gasteiger partial charge in [0.25, 0.3) is 5.91 Å². The van der Waals surface area contributed by atoms with E-state index in [1.54, 1.807) is 29.2 Å². The smallest absolute Gasteiger partial charge is 0.327 e. The number of benzene rings is 3. The Morgan fingerprint density at radius 1 is 0.860 bits per heavy atom. The number of carbonyl (C=O) groups is 4. The van der Waals surface area contributed by atoms with Crippen molar-refractivity contribution in [3.05, 3.63) is 100 Å². The molecule has 5 amide bonds. The molecule has 2 aliphatic rings. The number of nitrogens with zero attached hydrogens (tertiary/aromatic N) is 2. The van der Waals surface area contributed by atoms with Crippen molar-refractivity contribution in [2.45, 2.75) is 58.0 Å². The van der Waals surface area contributed by atoms with Gasteiger partial charge in [-0.15, -0.1) is 0 Å². The number of aryl methyl sites for hydroxylation is 1. The van der Waals surface area contributed by atoms with Gasteiger partial charge in [0.1, 0.15) is 6.54 Å². The molecule has 2 fully saturated rings. The van der Waals surface area contributed by atoms with E-state index < -0.39 is 6.03 Å². The van der Waals surface area contributed by atoms with Crippen LogP contribution in [0.25, 0.3) is 0 Å². The molecule has 2 N–H and O–H groups in total. The van der Waals surface area contributed by atoms with Gasteiger partial charge in [0.2, 0.25) is 11.8 Å². The van der Waals surface area contributed by atoms with E-state index in [1.165, 1.54) is 10.5 Å². The highest BCUT2D eigenvalue weighted by Crippen LogP contribution is 2.35. The van der Waals surface area contributed by atoms with E-state index in [0.29, 0.717) is 42.1 Å². The third-order valence-electron chi connectivity index (χ3n) is 8.32. The fourth-order valence-electron chi connectivity index (χ4n) is 5.89. The molecule has 2 atom stereocenters. The topological polar surface area (TPSA) is 98.8 Å². The van der Waals surface area contributed by atoms with Crippen LogP contribution in [0.15, 0.2) is 72.8 Å². The summed E-state index contributed by atoms with van der Waals surface area (Å²) < 4.78 is 0. The van der Waals surface area contributed by atoms with Crippen molar-refractivity contribution in [2.24, 2.45) is 5.92 Å². The van der Waals surface area contributed by atoms with Crippen LogP contribution in [-0.2, 0) is 29.0 Å². The average molecular weight is 601 g/mol. The maximum absolute atomic E-state index is 13.7. The number of nitrogens with one attached hydrogen (secondary N) is 2. The molecule has 0 bridgehead atoms. The molecule has 224 valence electrons. The monoisotopic (exact) mass is 600 g/mol. The minimum atomic E-state index is -0.450. The van der Waals surface area contributed by atoms with Crippen LogP contribution in [0.3, 0.4) is 0 Å². The minimum Gasteiger partial charge on any atom is -0.352 e. The largest absolute Gasteiger partial charge is 0.352 e. The maximum Gasteiger partial charge on any atom is 0.327 e. The number of anilines is 1. The van der Waals surface area contributed by atoms with Crippen molar-refractivity contribution in [3.8, 4) is 0 Å². The highest BCUT2D eigenvalue weighted by Gasteiger charge is 2.47. The summed E-state index contributed by atoms with van der Waals surface area (Å²) in [5, 5.41) is 6.49. The Morgan fingerprint density at radius 3 is 2.21 bits per heavy atom. The zero-order chi connectivity index (χ0) is 30.3. The van der Waals surface area contributed by atoms with Gasteiger partial charge in [0.15, 0.2) is 0 Å². The second-order valence-corrected chi connectivity index (χ2v) is 11.7. The lowest BCUT2D eigenvalue weighted by Gasteiger charge is -2.46. The van der Waals surface area contributed by atoms with Crippen molar-refractivity contribution in [2.75, 3.05) is 18.4 Å². The number of imide groups is 1. The third-order valence-corrected chi connectivity index (χ3v) is 8.57. The maximum atomic E-state index is 13.7. The molecule has 3 aromatic rings. The molecule has 1 saturated carbocycles. The second-order valence-electron chi connectivity index (χ2n) is 11.2. The normalized spacial score (nSPS) is 18.3. The molecule has 8 nitrogen and oxygen atoms in total. The highest BCUT2D eigenvalue weighted by atomic mass is 35.5. The van der Waals surface area contributed by atoms with Crippen LogP contribution in [0, 0.1) is 5.92 Å². The summed E-state index contributed by atoms with van der Waals surface area (Å²) in [6.45, 7) is 2.51. The minimum absolute atomic E-state index is 0.0793. The lowest BCUT2D eigenvalue weighted by molar-refractivity contribution is -0.142. The van der Waals surface area contributed by atoms with E-state index in [4.69, 9.17) is 11.6 Å². The van der Waals surface area contributed by atoms with Gasteiger partial charge in [-0.3, -0.25) is 19.3 Å². The number of halogens is 1. The van der Waals surface area contributed by atoms with Crippen molar-refractivity contribution in [3.63, 3.8) is 0 Å². The van der Waals surface area contributed by atoms with Crippen LogP contribution in [0.2, 0.25) is 5.02 Å². The Morgan fingerprint density at radius 2 is 1.51 bits per heavy atom. The molecule has 0 aromatic heterocycles. The summed E-state index contributed by atoms with van der Waals surface area (Å²) in [6.07, 6.45) is 4.82. The summed E-state index contributed by atoms with van der Waals surface area (Å²) >= 11 is 5.93. The van der Waals surface area contributed by atoms with E-state index in [1.807, 2.05) is 48.5 Å². The molecule has 1 heterocycles. The molecule has 5 rings (SSSR count). The molecule has 1 saturated heterocycles. The summed E-state index contributed by atoms with van der Waals surface area (Å²) in [5.41, 5.74) is 4.15. The third kappa shape index (κ3) is 7.43. The molecule has 1 aliphatic carbocycles. The quantitative estimate of drug-likeness (QED) is 0.306. The van der Waals surface area contributed by atoms with Crippen molar-refractivity contribution >= 4 is 41.0 Å². The predicted molar refractivity (Wildman–Crippen MR) is 167 cm³/mol. The Kier molecular flexibility index (Phi) is 9.77. The van der Waals surface area contributed by atoms with Crippen molar-refractivity contribution < 1.29 is 19.2 Å². The predicted octanol–water partition coefficient (Wildman–Crippen LogP) is 5.84. The number of amides is 5. The first-order chi connectivity index (χ1) is 20.8.